The molecule has 0 aromatic carbocycles. The maximum absolute atomic E-state index is 12.4. The number of rotatable bonds is 8. The fourth-order valence-corrected chi connectivity index (χ4v) is 3.95. The van der Waals surface area contributed by atoms with Crippen LogP contribution >= 0.6 is 11.6 Å². The Hall–Kier alpha value is -2.87. The Morgan fingerprint density at radius 1 is 1.12 bits per heavy atom. The van der Waals surface area contributed by atoms with Gasteiger partial charge in [-0.3, -0.25) is 5.32 Å². The monoisotopic (exact) mass is 490 g/mol. The number of carbonyl (C=O) groups excluding carboxylic acids is 2. The van der Waals surface area contributed by atoms with Crippen LogP contribution < -0.4 is 10.6 Å². The number of hydrogen-bond donors (Lipinski definition) is 2. The first-order chi connectivity index (χ1) is 15.8. The molecule has 0 saturated heterocycles. The van der Waals surface area contributed by atoms with Gasteiger partial charge in [-0.05, 0) is 76.6 Å². The molecule has 2 heterocycles. The fourth-order valence-electron chi connectivity index (χ4n) is 3.70. The molecule has 0 aliphatic carbocycles. The summed E-state index contributed by atoms with van der Waals surface area (Å²) in [6.07, 6.45) is 2.65. The number of methoxy groups -OCH3 is 1. The van der Waals surface area contributed by atoms with Crippen molar-refractivity contribution in [3.63, 3.8) is 0 Å². The highest BCUT2D eigenvalue weighted by atomic mass is 35.5. The van der Waals surface area contributed by atoms with Gasteiger partial charge >= 0.3 is 12.2 Å². The minimum atomic E-state index is -0.601. The van der Waals surface area contributed by atoms with Crippen LogP contribution in [0, 0.1) is 5.92 Å². The largest absolute Gasteiger partial charge is 0.453 e. The maximum Gasteiger partial charge on any atom is 0.412 e. The van der Waals surface area contributed by atoms with Gasteiger partial charge in [0.1, 0.15) is 16.6 Å². The molecular weight excluding hydrogens is 456 g/mol. The lowest BCUT2D eigenvalue weighted by Crippen LogP contribution is -2.49. The average molecular weight is 491 g/mol. The highest BCUT2D eigenvalue weighted by Crippen LogP contribution is 2.28. The van der Waals surface area contributed by atoms with Gasteiger partial charge in [-0.15, -0.1) is 0 Å². The third kappa shape index (κ3) is 8.82. The van der Waals surface area contributed by atoms with Gasteiger partial charge < -0.3 is 14.8 Å². The Morgan fingerprint density at radius 3 is 2.41 bits per heavy atom. The molecule has 0 fully saturated rings. The number of nitrogens with one attached hydrogen (secondary N) is 2. The van der Waals surface area contributed by atoms with E-state index < -0.39 is 23.3 Å². The number of carbonyl (C=O) groups is 2. The molecular formula is C25H35ClN4O4. The van der Waals surface area contributed by atoms with Crippen molar-refractivity contribution in [2.24, 2.45) is 5.92 Å². The summed E-state index contributed by atoms with van der Waals surface area (Å²) in [4.78, 5) is 32.5. The van der Waals surface area contributed by atoms with E-state index in [4.69, 9.17) is 16.3 Å². The van der Waals surface area contributed by atoms with Gasteiger partial charge in [0.15, 0.2) is 0 Å². The summed E-state index contributed by atoms with van der Waals surface area (Å²) >= 11 is 6.52. The lowest BCUT2D eigenvalue weighted by atomic mass is 9.85. The summed E-state index contributed by atoms with van der Waals surface area (Å²) < 4.78 is 10.1. The lowest BCUT2D eigenvalue weighted by Gasteiger charge is -2.33. The van der Waals surface area contributed by atoms with Gasteiger partial charge in [0.2, 0.25) is 0 Å². The molecule has 2 N–H and O–H groups in total. The number of anilines is 1. The summed E-state index contributed by atoms with van der Waals surface area (Å²) in [5.74, 6) is 0.736. The number of hydrogen-bond acceptors (Lipinski definition) is 6. The van der Waals surface area contributed by atoms with Gasteiger partial charge in [0.25, 0.3) is 0 Å². The van der Waals surface area contributed by atoms with E-state index in [-0.39, 0.29) is 0 Å². The SMILES string of the molecule is COC(=O)Nc1cc(-c2ccc(CCC(C)(CC(C)C)NC(=O)OC(C)(C)C)c(Cl)n2)ccn1. The van der Waals surface area contributed by atoms with Crippen LogP contribution in [-0.2, 0) is 15.9 Å². The fraction of sp³-hybridized carbons (Fsp3) is 0.520. The number of nitrogens with zero attached hydrogens (tertiary/aromatic N) is 2. The quantitative estimate of drug-likeness (QED) is 0.425. The third-order valence-electron chi connectivity index (χ3n) is 5.00. The van der Waals surface area contributed by atoms with Crippen LogP contribution in [0.3, 0.4) is 0 Å². The Balaban J connectivity index is 2.15. The van der Waals surface area contributed by atoms with Gasteiger partial charge in [-0.1, -0.05) is 31.5 Å². The second-order valence-electron chi connectivity index (χ2n) is 9.98. The van der Waals surface area contributed by atoms with E-state index in [2.05, 4.69) is 39.2 Å². The highest BCUT2D eigenvalue weighted by Gasteiger charge is 2.30. The van der Waals surface area contributed by atoms with E-state index in [1.807, 2.05) is 39.8 Å². The van der Waals surface area contributed by atoms with Crippen molar-refractivity contribution in [1.29, 1.82) is 0 Å². The number of aryl methyl sites for hydroxylation is 1. The second kappa shape index (κ2) is 11.5. The predicted octanol–water partition coefficient (Wildman–Crippen LogP) is 6.24. The van der Waals surface area contributed by atoms with Crippen molar-refractivity contribution in [3.8, 4) is 11.3 Å². The molecule has 0 saturated carbocycles. The number of pyridine rings is 2. The number of ether oxygens (including phenoxy) is 2. The van der Waals surface area contributed by atoms with Crippen LogP contribution in [0.15, 0.2) is 30.5 Å². The predicted molar refractivity (Wildman–Crippen MR) is 134 cm³/mol. The molecule has 9 heteroatoms. The first-order valence-corrected chi connectivity index (χ1v) is 11.7. The van der Waals surface area contributed by atoms with Crippen molar-refractivity contribution < 1.29 is 19.1 Å². The molecule has 0 spiro atoms. The zero-order valence-electron chi connectivity index (χ0n) is 21.0. The molecule has 1 unspecified atom stereocenters. The van der Waals surface area contributed by atoms with Crippen molar-refractivity contribution >= 4 is 29.6 Å². The summed E-state index contributed by atoms with van der Waals surface area (Å²) in [7, 11) is 1.29. The first kappa shape index (κ1) is 27.4. The standard InChI is InChI=1S/C25H35ClN4O4/c1-16(2)15-25(6,30-23(32)34-24(3,4)5)12-10-17-8-9-19(28-21(17)26)18-11-13-27-20(14-18)29-22(31)33-7/h8-9,11,13-14,16H,10,12,15H2,1-7H3,(H,30,32)(H,27,29,31). The molecule has 186 valence electrons. The molecule has 0 radical (unpaired) electrons. The summed E-state index contributed by atoms with van der Waals surface area (Å²) in [5.41, 5.74) is 1.27. The number of aromatic nitrogens is 2. The lowest BCUT2D eigenvalue weighted by molar-refractivity contribution is 0.0445. The normalized spacial score (nSPS) is 13.2. The molecule has 2 amide bonds. The Kier molecular flexibility index (Phi) is 9.27. The van der Waals surface area contributed by atoms with Crippen LogP contribution in [0.5, 0.6) is 0 Å². The van der Waals surface area contributed by atoms with E-state index in [1.54, 1.807) is 18.3 Å². The van der Waals surface area contributed by atoms with Crippen LogP contribution in [0.1, 0.15) is 59.9 Å². The number of amides is 2. The molecule has 0 aliphatic heterocycles. The van der Waals surface area contributed by atoms with Crippen LogP contribution in [-0.4, -0.2) is 40.4 Å². The van der Waals surface area contributed by atoms with E-state index >= 15 is 0 Å². The van der Waals surface area contributed by atoms with Gasteiger partial charge in [-0.25, -0.2) is 19.6 Å². The first-order valence-electron chi connectivity index (χ1n) is 11.3. The van der Waals surface area contributed by atoms with Gasteiger partial charge in [0, 0.05) is 17.3 Å². The van der Waals surface area contributed by atoms with Gasteiger partial charge in [-0.2, -0.15) is 0 Å². The molecule has 0 bridgehead atoms. The smallest absolute Gasteiger partial charge is 0.412 e. The van der Waals surface area contributed by atoms with E-state index in [0.29, 0.717) is 35.4 Å². The summed E-state index contributed by atoms with van der Waals surface area (Å²) in [6.45, 7) is 11.8. The Bertz CT molecular complexity index is 1010. The van der Waals surface area contributed by atoms with E-state index in [1.165, 1.54) is 7.11 Å². The molecule has 34 heavy (non-hydrogen) atoms. The molecule has 2 rings (SSSR count). The summed E-state index contributed by atoms with van der Waals surface area (Å²) in [6, 6.07) is 7.28. The minimum Gasteiger partial charge on any atom is -0.453 e. The van der Waals surface area contributed by atoms with Crippen molar-refractivity contribution in [2.75, 3.05) is 12.4 Å². The topological polar surface area (TPSA) is 102 Å². The third-order valence-corrected chi connectivity index (χ3v) is 5.33. The average Bonchev–Trinajstić information content (AvgIpc) is 2.70. The zero-order valence-corrected chi connectivity index (χ0v) is 21.7. The molecule has 8 nitrogen and oxygen atoms in total. The van der Waals surface area contributed by atoms with Crippen molar-refractivity contribution in [2.45, 2.75) is 71.9 Å². The van der Waals surface area contributed by atoms with Crippen molar-refractivity contribution in [1.82, 2.24) is 15.3 Å². The molecule has 2 aromatic rings. The number of halogens is 1. The minimum absolute atomic E-state index is 0.351. The Labute approximate surface area is 206 Å². The Morgan fingerprint density at radius 2 is 1.82 bits per heavy atom. The zero-order chi connectivity index (χ0) is 25.5. The van der Waals surface area contributed by atoms with Crippen LogP contribution in [0.25, 0.3) is 11.3 Å². The van der Waals surface area contributed by atoms with Crippen molar-refractivity contribution in [3.05, 3.63) is 41.2 Å². The number of alkyl carbamates (subject to hydrolysis) is 1. The van der Waals surface area contributed by atoms with Crippen LogP contribution in [0.2, 0.25) is 5.15 Å². The maximum atomic E-state index is 12.4. The molecule has 0 aliphatic rings. The summed E-state index contributed by atoms with van der Waals surface area (Å²) in [5, 5.41) is 5.98. The van der Waals surface area contributed by atoms with Crippen LogP contribution in [0.4, 0.5) is 15.4 Å². The molecule has 2 aromatic heterocycles. The molecule has 1 atom stereocenters. The van der Waals surface area contributed by atoms with Gasteiger partial charge in [0.05, 0.1) is 12.8 Å². The second-order valence-corrected chi connectivity index (χ2v) is 10.3. The van der Waals surface area contributed by atoms with E-state index in [0.717, 1.165) is 17.5 Å². The highest BCUT2D eigenvalue weighted by molar-refractivity contribution is 6.30. The van der Waals surface area contributed by atoms with E-state index in [9.17, 15) is 9.59 Å².